The smallest absolute Gasteiger partial charge is 0.238 e. The number of hydrogen-bond acceptors (Lipinski definition) is 4. The second-order valence-electron chi connectivity index (χ2n) is 4.05. The van der Waals surface area contributed by atoms with Gasteiger partial charge in [-0.2, -0.15) is 0 Å². The summed E-state index contributed by atoms with van der Waals surface area (Å²) < 4.78 is 29.5. The third-order valence-corrected chi connectivity index (χ3v) is 5.41. The molecule has 1 aromatic rings. The lowest BCUT2D eigenvalue weighted by Gasteiger charge is -2.14. The van der Waals surface area contributed by atoms with Crippen LogP contribution in [0.15, 0.2) is 23.1 Å². The molecular weight excluding hydrogens is 325 g/mol. The maximum absolute atomic E-state index is 12.3. The van der Waals surface area contributed by atoms with Gasteiger partial charge in [-0.05, 0) is 25.1 Å². The van der Waals surface area contributed by atoms with Gasteiger partial charge in [0.05, 0.1) is 16.5 Å². The first-order valence-corrected chi connectivity index (χ1v) is 8.06. The van der Waals surface area contributed by atoms with Gasteiger partial charge in [0.25, 0.3) is 0 Å². The van der Waals surface area contributed by atoms with Crippen LogP contribution in [0.5, 0.6) is 0 Å². The van der Waals surface area contributed by atoms with E-state index >= 15 is 0 Å². The summed E-state index contributed by atoms with van der Waals surface area (Å²) in [7, 11) is -2.41. The molecule has 0 heterocycles. The van der Waals surface area contributed by atoms with E-state index in [0.29, 0.717) is 6.61 Å². The zero-order valence-corrected chi connectivity index (χ0v) is 13.3. The summed E-state index contributed by atoms with van der Waals surface area (Å²) in [6.07, 6.45) is 0. The van der Waals surface area contributed by atoms with Crippen LogP contribution in [0.4, 0.5) is 0 Å². The Kier molecular flexibility index (Phi) is 6.26. The van der Waals surface area contributed by atoms with Crippen LogP contribution in [0, 0.1) is 0 Å². The molecule has 1 N–H and O–H groups in total. The molecule has 0 aliphatic heterocycles. The molecule has 112 valence electrons. The zero-order valence-electron chi connectivity index (χ0n) is 11.0. The molecule has 0 unspecified atom stereocenters. The number of methoxy groups -OCH3 is 1. The van der Waals surface area contributed by atoms with Crippen molar-refractivity contribution in [2.24, 2.45) is 0 Å². The first-order valence-electron chi connectivity index (χ1n) is 5.76. The second-order valence-corrected chi connectivity index (χ2v) is 7.13. The highest BCUT2D eigenvalue weighted by atomic mass is 35.5. The third kappa shape index (κ3) is 4.09. The van der Waals surface area contributed by atoms with Crippen molar-refractivity contribution in [2.45, 2.75) is 17.1 Å². The molecule has 1 aromatic carbocycles. The second kappa shape index (κ2) is 7.26. The highest BCUT2D eigenvalue weighted by Crippen LogP contribution is 2.28. The van der Waals surface area contributed by atoms with Gasteiger partial charge >= 0.3 is 0 Å². The van der Waals surface area contributed by atoms with Crippen LogP contribution in [-0.2, 0) is 19.4 Å². The number of benzene rings is 1. The predicted octanol–water partition coefficient (Wildman–Crippen LogP) is 1.92. The van der Waals surface area contributed by atoms with Gasteiger partial charge in [0.15, 0.2) is 9.84 Å². The summed E-state index contributed by atoms with van der Waals surface area (Å²) >= 11 is 11.6. The van der Waals surface area contributed by atoms with Crippen molar-refractivity contribution < 1.29 is 17.9 Å². The number of amides is 1. The van der Waals surface area contributed by atoms with Gasteiger partial charge < -0.3 is 10.1 Å². The Bertz CT molecular complexity index is 589. The molecule has 0 saturated carbocycles. The predicted molar refractivity (Wildman–Crippen MR) is 78.0 cm³/mol. The zero-order chi connectivity index (χ0) is 15.3. The van der Waals surface area contributed by atoms with Crippen molar-refractivity contribution in [2.75, 3.05) is 20.3 Å². The van der Waals surface area contributed by atoms with Gasteiger partial charge in [-0.15, -0.1) is 0 Å². The molecular formula is C12H15Cl2NO4S. The third-order valence-electron chi connectivity index (χ3n) is 2.64. The number of hydrogen-bond donors (Lipinski definition) is 1. The normalized spacial score (nSPS) is 13.0. The van der Waals surface area contributed by atoms with Crippen molar-refractivity contribution in [1.82, 2.24) is 5.32 Å². The van der Waals surface area contributed by atoms with Crippen LogP contribution < -0.4 is 5.32 Å². The van der Waals surface area contributed by atoms with E-state index in [-0.39, 0.29) is 21.5 Å². The molecule has 0 fully saturated rings. The summed E-state index contributed by atoms with van der Waals surface area (Å²) in [5.74, 6) is -0.613. The van der Waals surface area contributed by atoms with Crippen LogP contribution in [-0.4, -0.2) is 39.8 Å². The minimum atomic E-state index is -3.90. The first-order chi connectivity index (χ1) is 9.30. The van der Waals surface area contributed by atoms with E-state index in [9.17, 15) is 13.2 Å². The minimum absolute atomic E-state index is 0.0333. The Hall–Kier alpha value is -0.820. The van der Waals surface area contributed by atoms with Crippen molar-refractivity contribution >= 4 is 38.9 Å². The monoisotopic (exact) mass is 339 g/mol. The Morgan fingerprint density at radius 3 is 2.65 bits per heavy atom. The molecule has 5 nitrogen and oxygen atoms in total. The molecule has 0 radical (unpaired) electrons. The quantitative estimate of drug-likeness (QED) is 0.803. The Morgan fingerprint density at radius 1 is 1.40 bits per heavy atom. The van der Waals surface area contributed by atoms with E-state index < -0.39 is 21.0 Å². The summed E-state index contributed by atoms with van der Waals surface area (Å²) in [5.41, 5.74) is 0. The van der Waals surface area contributed by atoms with E-state index in [4.69, 9.17) is 27.9 Å². The molecule has 20 heavy (non-hydrogen) atoms. The molecule has 0 saturated heterocycles. The average Bonchev–Trinajstić information content (AvgIpc) is 2.40. The Morgan fingerprint density at radius 2 is 2.05 bits per heavy atom. The van der Waals surface area contributed by atoms with Crippen LogP contribution >= 0.6 is 23.2 Å². The number of nitrogens with one attached hydrogen (secondary N) is 1. The molecule has 1 atom stereocenters. The molecule has 8 heteroatoms. The van der Waals surface area contributed by atoms with Crippen LogP contribution in [0.1, 0.15) is 6.92 Å². The Balaban J connectivity index is 2.98. The van der Waals surface area contributed by atoms with E-state index in [1.165, 1.54) is 32.2 Å². The fourth-order valence-electron chi connectivity index (χ4n) is 1.45. The lowest BCUT2D eigenvalue weighted by atomic mass is 10.4. The van der Waals surface area contributed by atoms with E-state index in [0.717, 1.165) is 0 Å². The van der Waals surface area contributed by atoms with Crippen LogP contribution in [0.25, 0.3) is 0 Å². The van der Waals surface area contributed by atoms with Crippen molar-refractivity contribution in [3.8, 4) is 0 Å². The summed E-state index contributed by atoms with van der Waals surface area (Å²) in [6, 6.07) is 4.09. The van der Waals surface area contributed by atoms with E-state index in [2.05, 4.69) is 5.32 Å². The number of ether oxygens (including phenoxy) is 1. The fourth-order valence-corrected chi connectivity index (χ4v) is 3.50. The summed E-state index contributed by atoms with van der Waals surface area (Å²) in [5, 5.41) is 1.48. The largest absolute Gasteiger partial charge is 0.383 e. The van der Waals surface area contributed by atoms with Crippen LogP contribution in [0.3, 0.4) is 0 Å². The molecule has 0 aromatic heterocycles. The van der Waals surface area contributed by atoms with Gasteiger partial charge in [-0.3, -0.25) is 4.79 Å². The molecule has 0 spiro atoms. The Labute approximate surface area is 128 Å². The molecule has 0 bridgehead atoms. The van der Waals surface area contributed by atoms with Gasteiger partial charge in [0.2, 0.25) is 5.91 Å². The van der Waals surface area contributed by atoms with Gasteiger partial charge in [-0.25, -0.2) is 8.42 Å². The SMILES string of the molecule is COCCNC(=O)[C@H](C)S(=O)(=O)c1cc(Cl)ccc1Cl. The van der Waals surface area contributed by atoms with Gasteiger partial charge in [-0.1, -0.05) is 23.2 Å². The molecule has 0 aliphatic rings. The average molecular weight is 340 g/mol. The topological polar surface area (TPSA) is 72.5 Å². The fraction of sp³-hybridized carbons (Fsp3) is 0.417. The van der Waals surface area contributed by atoms with Crippen molar-refractivity contribution in [3.05, 3.63) is 28.2 Å². The summed E-state index contributed by atoms with van der Waals surface area (Å²) in [6.45, 7) is 1.84. The maximum atomic E-state index is 12.3. The number of halogens is 2. The maximum Gasteiger partial charge on any atom is 0.238 e. The van der Waals surface area contributed by atoms with Crippen LogP contribution in [0.2, 0.25) is 10.0 Å². The highest BCUT2D eigenvalue weighted by molar-refractivity contribution is 7.92. The minimum Gasteiger partial charge on any atom is -0.383 e. The van der Waals surface area contributed by atoms with E-state index in [1.54, 1.807) is 0 Å². The molecule has 1 amide bonds. The standard InChI is InChI=1S/C12H15Cl2NO4S/c1-8(12(16)15-5-6-19-2)20(17,18)11-7-9(13)3-4-10(11)14/h3-4,7-8H,5-6H2,1-2H3,(H,15,16)/t8-/m0/s1. The number of carbonyl (C=O) groups excluding carboxylic acids is 1. The highest BCUT2D eigenvalue weighted by Gasteiger charge is 2.31. The molecule has 1 rings (SSSR count). The number of sulfone groups is 1. The van der Waals surface area contributed by atoms with Crippen molar-refractivity contribution in [1.29, 1.82) is 0 Å². The number of rotatable bonds is 6. The van der Waals surface area contributed by atoms with Gasteiger partial charge in [0, 0.05) is 18.7 Å². The first kappa shape index (κ1) is 17.2. The molecule has 0 aliphatic carbocycles. The number of carbonyl (C=O) groups is 1. The lowest BCUT2D eigenvalue weighted by Crippen LogP contribution is -2.39. The summed E-state index contributed by atoms with van der Waals surface area (Å²) in [4.78, 5) is 11.7. The lowest BCUT2D eigenvalue weighted by molar-refractivity contribution is -0.120. The van der Waals surface area contributed by atoms with Crippen molar-refractivity contribution in [3.63, 3.8) is 0 Å². The van der Waals surface area contributed by atoms with E-state index in [1.807, 2.05) is 0 Å². The van der Waals surface area contributed by atoms with Gasteiger partial charge in [0.1, 0.15) is 5.25 Å².